The van der Waals surface area contributed by atoms with Crippen molar-refractivity contribution in [3.8, 4) is 11.3 Å². The number of carboxylic acid groups (broad SMARTS) is 1. The van der Waals surface area contributed by atoms with Crippen molar-refractivity contribution >= 4 is 5.97 Å². The Bertz CT molecular complexity index is 640. The Morgan fingerprint density at radius 3 is 2.73 bits per heavy atom. The molecule has 0 saturated carbocycles. The minimum atomic E-state index is -1.08. The molecule has 1 unspecified atom stereocenters. The van der Waals surface area contributed by atoms with Gasteiger partial charge in [-0.2, -0.15) is 5.10 Å². The smallest absolute Gasteiger partial charge is 0.323 e. The van der Waals surface area contributed by atoms with Crippen LogP contribution in [0.1, 0.15) is 5.56 Å². The van der Waals surface area contributed by atoms with Gasteiger partial charge in [-0.05, 0) is 12.1 Å². The third kappa shape index (κ3) is 3.46. The van der Waals surface area contributed by atoms with Gasteiger partial charge in [0.05, 0.1) is 24.1 Å². The molecule has 8 heteroatoms. The Balaban J connectivity index is 2.22. The molecule has 0 aliphatic heterocycles. The zero-order chi connectivity index (χ0) is 16.1. The number of aromatic amines is 1. The molecule has 0 amide bonds. The highest BCUT2D eigenvalue weighted by Gasteiger charge is 2.20. The average molecular weight is 311 g/mol. The van der Waals surface area contributed by atoms with Crippen molar-refractivity contribution in [3.05, 3.63) is 41.6 Å². The topological polar surface area (TPSA) is 87.2 Å². The number of hydrogen-bond acceptors (Lipinski definition) is 4. The molecular formula is C14H15F2N3O3. The maximum Gasteiger partial charge on any atom is 0.323 e. The quantitative estimate of drug-likeness (QED) is 0.722. The molecule has 118 valence electrons. The number of halogens is 2. The van der Waals surface area contributed by atoms with Crippen molar-refractivity contribution in [3.63, 3.8) is 0 Å². The van der Waals surface area contributed by atoms with E-state index in [1.54, 1.807) is 0 Å². The van der Waals surface area contributed by atoms with Crippen LogP contribution in [0.3, 0.4) is 0 Å². The van der Waals surface area contributed by atoms with Gasteiger partial charge in [0, 0.05) is 19.2 Å². The first-order chi connectivity index (χ1) is 10.5. The van der Waals surface area contributed by atoms with Crippen LogP contribution in [0.2, 0.25) is 0 Å². The summed E-state index contributed by atoms with van der Waals surface area (Å²) in [6.07, 6.45) is 1.39. The Morgan fingerprint density at radius 2 is 2.14 bits per heavy atom. The molecule has 1 heterocycles. The fourth-order valence-corrected chi connectivity index (χ4v) is 2.02. The third-order valence-corrected chi connectivity index (χ3v) is 3.10. The van der Waals surface area contributed by atoms with E-state index in [-0.39, 0.29) is 24.4 Å². The van der Waals surface area contributed by atoms with Gasteiger partial charge in [0.2, 0.25) is 0 Å². The fourth-order valence-electron chi connectivity index (χ4n) is 2.02. The summed E-state index contributed by atoms with van der Waals surface area (Å²) in [6, 6.07) is 2.61. The molecule has 0 aliphatic rings. The van der Waals surface area contributed by atoms with Crippen LogP contribution in [0, 0.1) is 11.6 Å². The molecule has 1 aromatic heterocycles. The van der Waals surface area contributed by atoms with Gasteiger partial charge in [-0.15, -0.1) is 0 Å². The monoisotopic (exact) mass is 311 g/mol. The second-order valence-corrected chi connectivity index (χ2v) is 4.59. The summed E-state index contributed by atoms with van der Waals surface area (Å²) in [7, 11) is 1.38. The number of rotatable bonds is 7. The molecule has 6 nitrogen and oxygen atoms in total. The number of benzene rings is 1. The number of aliphatic carboxylic acids is 1. The summed E-state index contributed by atoms with van der Waals surface area (Å²) in [6.45, 7) is 0.0382. The highest BCUT2D eigenvalue weighted by Crippen LogP contribution is 2.26. The van der Waals surface area contributed by atoms with E-state index < -0.39 is 23.6 Å². The van der Waals surface area contributed by atoms with Gasteiger partial charge in [0.25, 0.3) is 0 Å². The molecule has 2 aromatic rings. The van der Waals surface area contributed by atoms with E-state index >= 15 is 0 Å². The first-order valence-electron chi connectivity index (χ1n) is 6.46. The van der Waals surface area contributed by atoms with E-state index in [1.807, 2.05) is 0 Å². The van der Waals surface area contributed by atoms with E-state index in [0.29, 0.717) is 5.56 Å². The van der Waals surface area contributed by atoms with Crippen LogP contribution in [-0.2, 0) is 16.1 Å². The number of hydrogen-bond donors (Lipinski definition) is 3. The molecule has 2 rings (SSSR count). The zero-order valence-corrected chi connectivity index (χ0v) is 11.8. The number of nitrogens with zero attached hydrogens (tertiary/aromatic N) is 1. The largest absolute Gasteiger partial charge is 0.480 e. The summed E-state index contributed by atoms with van der Waals surface area (Å²) in [4.78, 5) is 11.0. The molecule has 0 fully saturated rings. The highest BCUT2D eigenvalue weighted by molar-refractivity contribution is 5.73. The number of carbonyl (C=O) groups is 1. The molecular weight excluding hydrogens is 296 g/mol. The van der Waals surface area contributed by atoms with Gasteiger partial charge in [-0.25, -0.2) is 8.78 Å². The van der Waals surface area contributed by atoms with Crippen molar-refractivity contribution in [1.82, 2.24) is 15.5 Å². The molecule has 22 heavy (non-hydrogen) atoms. The first-order valence-corrected chi connectivity index (χ1v) is 6.46. The number of ether oxygens (including phenoxy) is 1. The summed E-state index contributed by atoms with van der Waals surface area (Å²) in [5, 5.41) is 18.1. The first kappa shape index (κ1) is 16.1. The maximum atomic E-state index is 13.8. The van der Waals surface area contributed by atoms with Gasteiger partial charge in [-0.1, -0.05) is 6.07 Å². The Morgan fingerprint density at radius 1 is 1.45 bits per heavy atom. The minimum absolute atomic E-state index is 0.0312. The van der Waals surface area contributed by atoms with E-state index in [1.165, 1.54) is 19.4 Å². The van der Waals surface area contributed by atoms with Gasteiger partial charge in [0.15, 0.2) is 0 Å². The van der Waals surface area contributed by atoms with Crippen LogP contribution in [-0.4, -0.2) is 41.0 Å². The lowest BCUT2D eigenvalue weighted by Crippen LogP contribution is -2.39. The second-order valence-electron chi connectivity index (χ2n) is 4.59. The van der Waals surface area contributed by atoms with Gasteiger partial charge >= 0.3 is 5.97 Å². The maximum absolute atomic E-state index is 13.8. The lowest BCUT2D eigenvalue weighted by Gasteiger charge is -2.13. The van der Waals surface area contributed by atoms with Crippen LogP contribution >= 0.6 is 0 Å². The molecule has 0 spiro atoms. The molecule has 3 N–H and O–H groups in total. The van der Waals surface area contributed by atoms with Crippen LogP contribution < -0.4 is 5.32 Å². The lowest BCUT2D eigenvalue weighted by atomic mass is 10.1. The predicted molar refractivity (Wildman–Crippen MR) is 74.1 cm³/mol. The summed E-state index contributed by atoms with van der Waals surface area (Å²) in [5.41, 5.74) is 0.395. The Kier molecular flexibility index (Phi) is 5.18. The standard InChI is InChI=1S/C14H15F2N3O3/c1-22-7-11(14(20)21)17-5-8-6-18-19-13(8)12-9(15)3-2-4-10(12)16/h2-4,6,11,17H,5,7H2,1H3,(H,18,19)(H,20,21). The van der Waals surface area contributed by atoms with E-state index in [9.17, 15) is 13.6 Å². The number of H-pyrrole nitrogens is 1. The second kappa shape index (κ2) is 7.10. The SMILES string of the molecule is COCC(NCc1cn[nH]c1-c1c(F)cccc1F)C(=O)O. The number of carboxylic acids is 1. The van der Waals surface area contributed by atoms with E-state index in [0.717, 1.165) is 12.1 Å². The normalized spacial score (nSPS) is 12.3. The van der Waals surface area contributed by atoms with Gasteiger partial charge in [-0.3, -0.25) is 15.2 Å². The van der Waals surface area contributed by atoms with Gasteiger partial charge in [0.1, 0.15) is 17.7 Å². The van der Waals surface area contributed by atoms with E-state index in [2.05, 4.69) is 15.5 Å². The zero-order valence-electron chi connectivity index (χ0n) is 11.8. The van der Waals surface area contributed by atoms with Crippen LogP contribution in [0.15, 0.2) is 24.4 Å². The molecule has 0 bridgehead atoms. The molecule has 0 aliphatic carbocycles. The van der Waals surface area contributed by atoms with Crippen molar-refractivity contribution < 1.29 is 23.4 Å². The van der Waals surface area contributed by atoms with Gasteiger partial charge < -0.3 is 9.84 Å². The Labute approximate surface area is 125 Å². The molecule has 1 atom stereocenters. The summed E-state index contributed by atoms with van der Waals surface area (Å²) >= 11 is 0. The fraction of sp³-hybridized carbons (Fsp3) is 0.286. The minimum Gasteiger partial charge on any atom is -0.480 e. The van der Waals surface area contributed by atoms with Crippen molar-refractivity contribution in [2.75, 3.05) is 13.7 Å². The van der Waals surface area contributed by atoms with Crippen molar-refractivity contribution in [2.45, 2.75) is 12.6 Å². The van der Waals surface area contributed by atoms with Crippen LogP contribution in [0.25, 0.3) is 11.3 Å². The van der Waals surface area contributed by atoms with Crippen LogP contribution in [0.4, 0.5) is 8.78 Å². The molecule has 0 radical (unpaired) electrons. The number of methoxy groups -OCH3 is 1. The van der Waals surface area contributed by atoms with Crippen molar-refractivity contribution in [2.24, 2.45) is 0 Å². The lowest BCUT2D eigenvalue weighted by molar-refractivity contribution is -0.140. The average Bonchev–Trinajstić information content (AvgIpc) is 2.91. The van der Waals surface area contributed by atoms with Crippen LogP contribution in [0.5, 0.6) is 0 Å². The number of nitrogens with one attached hydrogen (secondary N) is 2. The number of aromatic nitrogens is 2. The highest BCUT2D eigenvalue weighted by atomic mass is 19.1. The molecule has 0 saturated heterocycles. The third-order valence-electron chi connectivity index (χ3n) is 3.10. The summed E-state index contributed by atoms with van der Waals surface area (Å²) in [5.74, 6) is -2.53. The van der Waals surface area contributed by atoms with Crippen molar-refractivity contribution in [1.29, 1.82) is 0 Å². The predicted octanol–water partition coefficient (Wildman–Crippen LogP) is 1.54. The molecule has 1 aromatic carbocycles. The Hall–Kier alpha value is -2.32. The van der Waals surface area contributed by atoms with E-state index in [4.69, 9.17) is 9.84 Å². The summed E-state index contributed by atoms with van der Waals surface area (Å²) < 4.78 is 32.4.